The topological polar surface area (TPSA) is 58.3 Å². The van der Waals surface area contributed by atoms with Crippen LogP contribution in [0.25, 0.3) is 0 Å². The standard InChI is InChI=1S/C20H30N6.HI/c1-4-5-6-7-8-12-25(3)20(21-2)23-14-18-10-9-11-19(13-18)15-26-17-22-16-24-26;/h4,9-11,13,16-17H,1,5-8,12,14-15H2,2-3H3,(H,21,23);1H. The summed E-state index contributed by atoms with van der Waals surface area (Å²) < 4.78 is 1.83. The summed E-state index contributed by atoms with van der Waals surface area (Å²) in [6.07, 6.45) is 9.97. The Morgan fingerprint density at radius 2 is 2.11 bits per heavy atom. The molecule has 0 fully saturated rings. The first-order chi connectivity index (χ1) is 12.7. The minimum atomic E-state index is 0. The number of nitrogens with one attached hydrogen (secondary N) is 1. The highest BCUT2D eigenvalue weighted by molar-refractivity contribution is 14.0. The van der Waals surface area contributed by atoms with Gasteiger partial charge in [-0.25, -0.2) is 9.67 Å². The van der Waals surface area contributed by atoms with Crippen LogP contribution in [0.15, 0.2) is 54.6 Å². The average Bonchev–Trinajstić information content (AvgIpc) is 3.15. The van der Waals surface area contributed by atoms with Gasteiger partial charge in [-0.2, -0.15) is 5.10 Å². The van der Waals surface area contributed by atoms with Gasteiger partial charge in [-0.3, -0.25) is 4.99 Å². The minimum Gasteiger partial charge on any atom is -0.352 e. The van der Waals surface area contributed by atoms with Crippen LogP contribution < -0.4 is 5.32 Å². The van der Waals surface area contributed by atoms with Crippen LogP contribution in [0.4, 0.5) is 0 Å². The van der Waals surface area contributed by atoms with Gasteiger partial charge in [0.2, 0.25) is 0 Å². The van der Waals surface area contributed by atoms with Crippen molar-refractivity contribution in [3.63, 3.8) is 0 Å². The molecule has 0 aliphatic carbocycles. The largest absolute Gasteiger partial charge is 0.352 e. The zero-order valence-electron chi connectivity index (χ0n) is 16.3. The maximum atomic E-state index is 4.39. The predicted molar refractivity (Wildman–Crippen MR) is 122 cm³/mol. The van der Waals surface area contributed by atoms with E-state index in [0.717, 1.165) is 32.0 Å². The molecule has 0 saturated carbocycles. The van der Waals surface area contributed by atoms with E-state index < -0.39 is 0 Å². The molecule has 1 N–H and O–H groups in total. The summed E-state index contributed by atoms with van der Waals surface area (Å²) in [5.74, 6) is 0.926. The van der Waals surface area contributed by atoms with Crippen LogP contribution in [-0.2, 0) is 13.1 Å². The Morgan fingerprint density at radius 1 is 1.30 bits per heavy atom. The SMILES string of the molecule is C=CCCCCCN(C)C(=NC)NCc1cccc(Cn2cncn2)c1.I. The lowest BCUT2D eigenvalue weighted by Gasteiger charge is -2.22. The van der Waals surface area contributed by atoms with Crippen molar-refractivity contribution < 1.29 is 0 Å². The summed E-state index contributed by atoms with van der Waals surface area (Å²) >= 11 is 0. The zero-order valence-corrected chi connectivity index (χ0v) is 18.7. The Kier molecular flexibility index (Phi) is 11.4. The highest BCUT2D eigenvalue weighted by Gasteiger charge is 2.06. The second kappa shape index (κ2) is 13.3. The summed E-state index contributed by atoms with van der Waals surface area (Å²) in [6.45, 7) is 6.25. The number of nitrogens with zero attached hydrogens (tertiary/aromatic N) is 5. The number of unbranched alkanes of at least 4 members (excludes halogenated alkanes) is 3. The van der Waals surface area contributed by atoms with Gasteiger partial charge in [0.05, 0.1) is 6.54 Å². The summed E-state index contributed by atoms with van der Waals surface area (Å²) in [6, 6.07) is 8.50. The van der Waals surface area contributed by atoms with Gasteiger partial charge in [0.1, 0.15) is 12.7 Å². The van der Waals surface area contributed by atoms with Crippen LogP contribution in [0.3, 0.4) is 0 Å². The van der Waals surface area contributed by atoms with Crippen molar-refractivity contribution in [1.29, 1.82) is 0 Å². The highest BCUT2D eigenvalue weighted by atomic mass is 127. The normalized spacial score (nSPS) is 11.0. The number of hydrogen-bond acceptors (Lipinski definition) is 3. The van der Waals surface area contributed by atoms with E-state index in [1.54, 1.807) is 12.7 Å². The van der Waals surface area contributed by atoms with E-state index in [-0.39, 0.29) is 24.0 Å². The summed E-state index contributed by atoms with van der Waals surface area (Å²) in [4.78, 5) is 10.6. The fraction of sp³-hybridized carbons (Fsp3) is 0.450. The second-order valence-corrected chi connectivity index (χ2v) is 6.37. The number of aromatic nitrogens is 3. The molecule has 1 aromatic heterocycles. The molecule has 27 heavy (non-hydrogen) atoms. The number of halogens is 1. The first-order valence-corrected chi connectivity index (χ1v) is 9.16. The minimum absolute atomic E-state index is 0. The van der Waals surface area contributed by atoms with Crippen LogP contribution in [0, 0.1) is 0 Å². The van der Waals surface area contributed by atoms with Crippen molar-refractivity contribution in [3.8, 4) is 0 Å². The fourth-order valence-corrected chi connectivity index (χ4v) is 2.83. The molecule has 2 rings (SSSR count). The van der Waals surface area contributed by atoms with Crippen molar-refractivity contribution >= 4 is 29.9 Å². The molecule has 0 unspecified atom stereocenters. The van der Waals surface area contributed by atoms with Crippen LogP contribution in [0.2, 0.25) is 0 Å². The number of allylic oxidation sites excluding steroid dienone is 1. The highest BCUT2D eigenvalue weighted by Crippen LogP contribution is 2.07. The number of aliphatic imine (C=N–C) groups is 1. The zero-order chi connectivity index (χ0) is 18.6. The maximum absolute atomic E-state index is 4.39. The van der Waals surface area contributed by atoms with E-state index >= 15 is 0 Å². The molecule has 0 spiro atoms. The van der Waals surface area contributed by atoms with Crippen LogP contribution >= 0.6 is 24.0 Å². The van der Waals surface area contributed by atoms with Crippen molar-refractivity contribution in [1.82, 2.24) is 25.0 Å². The molecule has 6 nitrogen and oxygen atoms in total. The van der Waals surface area contributed by atoms with E-state index in [4.69, 9.17) is 0 Å². The fourth-order valence-electron chi connectivity index (χ4n) is 2.83. The number of benzene rings is 1. The molecule has 0 aliphatic rings. The number of hydrogen-bond donors (Lipinski definition) is 1. The molecule has 1 heterocycles. The monoisotopic (exact) mass is 482 g/mol. The van der Waals surface area contributed by atoms with E-state index in [2.05, 4.69) is 63.2 Å². The molecule has 0 amide bonds. The second-order valence-electron chi connectivity index (χ2n) is 6.37. The molecule has 0 atom stereocenters. The lowest BCUT2D eigenvalue weighted by Crippen LogP contribution is -2.39. The third-order valence-electron chi connectivity index (χ3n) is 4.23. The molecule has 0 aliphatic heterocycles. The molecule has 0 bridgehead atoms. The van der Waals surface area contributed by atoms with Gasteiger partial charge in [-0.1, -0.05) is 36.8 Å². The average molecular weight is 482 g/mol. The molecular weight excluding hydrogens is 451 g/mol. The van der Waals surface area contributed by atoms with Crippen molar-refractivity contribution in [3.05, 3.63) is 60.7 Å². The first kappa shape index (κ1) is 23.1. The summed E-state index contributed by atoms with van der Waals surface area (Å²) in [5.41, 5.74) is 2.43. The molecule has 7 heteroatoms. The first-order valence-electron chi connectivity index (χ1n) is 9.16. The van der Waals surface area contributed by atoms with Gasteiger partial charge in [0.25, 0.3) is 0 Å². The Hall–Kier alpha value is -1.90. The van der Waals surface area contributed by atoms with E-state index in [1.165, 1.54) is 30.4 Å². The van der Waals surface area contributed by atoms with Crippen molar-refractivity contribution in [2.24, 2.45) is 4.99 Å². The van der Waals surface area contributed by atoms with Crippen molar-refractivity contribution in [2.75, 3.05) is 20.6 Å². The van der Waals surface area contributed by atoms with Crippen LogP contribution in [-0.4, -0.2) is 46.3 Å². The molecule has 1 aromatic carbocycles. The van der Waals surface area contributed by atoms with Gasteiger partial charge < -0.3 is 10.2 Å². The Morgan fingerprint density at radius 3 is 2.81 bits per heavy atom. The van der Waals surface area contributed by atoms with Gasteiger partial charge >= 0.3 is 0 Å². The Balaban J connectivity index is 0.00000364. The van der Waals surface area contributed by atoms with Crippen LogP contribution in [0.1, 0.15) is 36.8 Å². The van der Waals surface area contributed by atoms with Gasteiger partial charge in [0, 0.05) is 27.2 Å². The quantitative estimate of drug-likeness (QED) is 0.185. The molecule has 0 radical (unpaired) electrons. The van der Waals surface area contributed by atoms with Gasteiger partial charge in [-0.15, -0.1) is 30.6 Å². The predicted octanol–water partition coefficient (Wildman–Crippen LogP) is 3.70. The smallest absolute Gasteiger partial charge is 0.193 e. The van der Waals surface area contributed by atoms with Crippen LogP contribution in [0.5, 0.6) is 0 Å². The van der Waals surface area contributed by atoms with Gasteiger partial charge in [0.15, 0.2) is 5.96 Å². The molecule has 148 valence electrons. The molecule has 0 saturated heterocycles. The van der Waals surface area contributed by atoms with Crippen molar-refractivity contribution in [2.45, 2.75) is 38.8 Å². The molecular formula is C20H31IN6. The van der Waals surface area contributed by atoms with E-state index in [1.807, 2.05) is 17.8 Å². The summed E-state index contributed by atoms with van der Waals surface area (Å²) in [7, 11) is 3.92. The Labute approximate surface area is 179 Å². The lowest BCUT2D eigenvalue weighted by molar-refractivity contribution is 0.455. The third-order valence-corrected chi connectivity index (χ3v) is 4.23. The summed E-state index contributed by atoms with van der Waals surface area (Å²) in [5, 5.41) is 7.61. The Bertz CT molecular complexity index is 684. The van der Waals surface area contributed by atoms with E-state index in [0.29, 0.717) is 0 Å². The number of guanidine groups is 1. The number of rotatable bonds is 10. The maximum Gasteiger partial charge on any atom is 0.193 e. The van der Waals surface area contributed by atoms with Gasteiger partial charge in [-0.05, 0) is 30.4 Å². The molecule has 2 aromatic rings. The van der Waals surface area contributed by atoms with E-state index in [9.17, 15) is 0 Å². The lowest BCUT2D eigenvalue weighted by atomic mass is 10.1. The third kappa shape index (κ3) is 8.55.